The van der Waals surface area contributed by atoms with E-state index in [1.165, 1.54) is 58.2 Å². The van der Waals surface area contributed by atoms with Gasteiger partial charge in [-0.25, -0.2) is 0 Å². The molecule has 0 aromatic heterocycles. The predicted octanol–water partition coefficient (Wildman–Crippen LogP) is 2.17. The SMILES string of the molecule is CC1CCCC(CN)(CN(C)C2CCCN(C)C2)C1. The van der Waals surface area contributed by atoms with Gasteiger partial charge in [0.15, 0.2) is 0 Å². The van der Waals surface area contributed by atoms with Crippen LogP contribution in [0.5, 0.6) is 0 Å². The fourth-order valence-corrected chi connectivity index (χ4v) is 4.32. The Kier molecular flexibility index (Phi) is 5.27. The summed E-state index contributed by atoms with van der Waals surface area (Å²) in [5, 5.41) is 0. The molecule has 2 rings (SSSR count). The first-order valence-electron chi connectivity index (χ1n) is 8.13. The highest BCUT2D eigenvalue weighted by Gasteiger charge is 2.36. The normalized spacial score (nSPS) is 37.7. The van der Waals surface area contributed by atoms with Crippen molar-refractivity contribution in [2.24, 2.45) is 17.1 Å². The molecule has 2 aliphatic rings. The summed E-state index contributed by atoms with van der Waals surface area (Å²) < 4.78 is 0. The van der Waals surface area contributed by atoms with Crippen molar-refractivity contribution < 1.29 is 0 Å². The Labute approximate surface area is 119 Å². The van der Waals surface area contributed by atoms with Crippen molar-refractivity contribution in [3.8, 4) is 0 Å². The van der Waals surface area contributed by atoms with Crippen molar-refractivity contribution in [3.05, 3.63) is 0 Å². The molecule has 3 atom stereocenters. The average molecular weight is 267 g/mol. The molecule has 1 aliphatic heterocycles. The van der Waals surface area contributed by atoms with Crippen molar-refractivity contribution in [2.45, 2.75) is 51.5 Å². The molecule has 1 saturated carbocycles. The third-order valence-electron chi connectivity index (χ3n) is 5.43. The van der Waals surface area contributed by atoms with Gasteiger partial charge in [-0.05, 0) is 64.2 Å². The summed E-state index contributed by atoms with van der Waals surface area (Å²) in [5.41, 5.74) is 6.56. The molecule has 2 N–H and O–H groups in total. The number of nitrogens with two attached hydrogens (primary N) is 1. The Bertz CT molecular complexity index is 281. The van der Waals surface area contributed by atoms with E-state index in [0.29, 0.717) is 5.41 Å². The Hall–Kier alpha value is -0.120. The van der Waals surface area contributed by atoms with Crippen molar-refractivity contribution >= 4 is 0 Å². The minimum atomic E-state index is 0.391. The summed E-state index contributed by atoms with van der Waals surface area (Å²) >= 11 is 0. The molecule has 1 aliphatic carbocycles. The van der Waals surface area contributed by atoms with Crippen LogP contribution in [0.4, 0.5) is 0 Å². The van der Waals surface area contributed by atoms with E-state index < -0.39 is 0 Å². The molecular formula is C16H33N3. The second-order valence-electron chi connectivity index (χ2n) is 7.38. The topological polar surface area (TPSA) is 32.5 Å². The Morgan fingerprint density at radius 3 is 2.74 bits per heavy atom. The van der Waals surface area contributed by atoms with Gasteiger partial charge in [-0.1, -0.05) is 19.8 Å². The zero-order valence-electron chi connectivity index (χ0n) is 13.2. The lowest BCUT2D eigenvalue weighted by atomic mass is 9.69. The molecule has 112 valence electrons. The summed E-state index contributed by atoms with van der Waals surface area (Å²) in [4.78, 5) is 5.09. The molecule has 0 aromatic rings. The molecule has 0 bridgehead atoms. The fourth-order valence-electron chi connectivity index (χ4n) is 4.32. The molecule has 0 aromatic carbocycles. The maximum atomic E-state index is 6.17. The Balaban J connectivity index is 1.93. The minimum Gasteiger partial charge on any atom is -0.330 e. The molecule has 0 amide bonds. The van der Waals surface area contributed by atoms with E-state index in [9.17, 15) is 0 Å². The second-order valence-corrected chi connectivity index (χ2v) is 7.38. The summed E-state index contributed by atoms with van der Waals surface area (Å²) in [5.74, 6) is 0.861. The first kappa shape index (κ1) is 15.3. The lowest BCUT2D eigenvalue weighted by Crippen LogP contribution is -2.51. The van der Waals surface area contributed by atoms with E-state index in [4.69, 9.17) is 5.73 Å². The van der Waals surface area contributed by atoms with Crippen molar-refractivity contribution in [2.75, 3.05) is 40.3 Å². The van der Waals surface area contributed by atoms with Gasteiger partial charge in [-0.15, -0.1) is 0 Å². The van der Waals surface area contributed by atoms with Crippen LogP contribution in [-0.4, -0.2) is 56.1 Å². The molecular weight excluding hydrogens is 234 g/mol. The number of piperidine rings is 1. The third kappa shape index (κ3) is 3.93. The van der Waals surface area contributed by atoms with Gasteiger partial charge in [0, 0.05) is 19.1 Å². The third-order valence-corrected chi connectivity index (χ3v) is 5.43. The van der Waals surface area contributed by atoms with Crippen LogP contribution >= 0.6 is 0 Å². The molecule has 1 heterocycles. The van der Waals surface area contributed by atoms with Crippen molar-refractivity contribution in [1.82, 2.24) is 9.80 Å². The van der Waals surface area contributed by atoms with E-state index in [0.717, 1.165) is 18.5 Å². The van der Waals surface area contributed by atoms with E-state index >= 15 is 0 Å². The average Bonchev–Trinajstić information content (AvgIpc) is 2.38. The first-order valence-corrected chi connectivity index (χ1v) is 8.13. The number of likely N-dealkylation sites (N-methyl/N-ethyl adjacent to an activating group) is 2. The first-order chi connectivity index (χ1) is 9.04. The van der Waals surface area contributed by atoms with E-state index in [1.807, 2.05) is 0 Å². The molecule has 1 saturated heterocycles. The van der Waals surface area contributed by atoms with Crippen molar-refractivity contribution in [3.63, 3.8) is 0 Å². The predicted molar refractivity (Wildman–Crippen MR) is 82.3 cm³/mol. The molecule has 3 unspecified atom stereocenters. The molecule has 3 heteroatoms. The van der Waals surface area contributed by atoms with Gasteiger partial charge in [-0.3, -0.25) is 0 Å². The highest BCUT2D eigenvalue weighted by molar-refractivity contribution is 4.90. The lowest BCUT2D eigenvalue weighted by molar-refractivity contribution is 0.0559. The van der Waals surface area contributed by atoms with Crippen molar-refractivity contribution in [1.29, 1.82) is 0 Å². The van der Waals surface area contributed by atoms with Gasteiger partial charge >= 0.3 is 0 Å². The van der Waals surface area contributed by atoms with E-state index in [2.05, 4.69) is 30.8 Å². The zero-order chi connectivity index (χ0) is 13.9. The molecule has 0 radical (unpaired) electrons. The van der Waals surface area contributed by atoms with Crippen LogP contribution in [0.15, 0.2) is 0 Å². The number of likely N-dealkylation sites (tertiary alicyclic amines) is 1. The molecule has 19 heavy (non-hydrogen) atoms. The highest BCUT2D eigenvalue weighted by atomic mass is 15.2. The monoisotopic (exact) mass is 267 g/mol. The molecule has 0 spiro atoms. The highest BCUT2D eigenvalue weighted by Crippen LogP contribution is 2.39. The summed E-state index contributed by atoms with van der Waals surface area (Å²) in [6.07, 6.45) is 8.14. The second kappa shape index (κ2) is 6.55. The maximum absolute atomic E-state index is 6.17. The number of hydrogen-bond acceptors (Lipinski definition) is 3. The number of nitrogens with zero attached hydrogens (tertiary/aromatic N) is 2. The van der Waals surface area contributed by atoms with E-state index in [1.54, 1.807) is 0 Å². The summed E-state index contributed by atoms with van der Waals surface area (Å²) in [7, 11) is 4.57. The van der Waals surface area contributed by atoms with Gasteiger partial charge in [-0.2, -0.15) is 0 Å². The standard InChI is InChI=1S/C16H33N3/c1-14-6-4-8-16(10-14,12-17)13-19(3)15-7-5-9-18(2)11-15/h14-15H,4-13,17H2,1-3H3. The van der Waals surface area contributed by atoms with E-state index in [-0.39, 0.29) is 0 Å². The van der Waals surface area contributed by atoms with Gasteiger partial charge < -0.3 is 15.5 Å². The van der Waals surface area contributed by atoms with Gasteiger partial charge in [0.05, 0.1) is 0 Å². The van der Waals surface area contributed by atoms with Crippen LogP contribution in [0.25, 0.3) is 0 Å². The maximum Gasteiger partial charge on any atom is 0.0220 e. The van der Waals surface area contributed by atoms with Crippen LogP contribution in [0.1, 0.15) is 45.4 Å². The van der Waals surface area contributed by atoms with Crippen LogP contribution < -0.4 is 5.73 Å². The molecule has 3 nitrogen and oxygen atoms in total. The van der Waals surface area contributed by atoms with Gasteiger partial charge in [0.2, 0.25) is 0 Å². The molecule has 2 fully saturated rings. The smallest absolute Gasteiger partial charge is 0.0220 e. The van der Waals surface area contributed by atoms with Gasteiger partial charge in [0.1, 0.15) is 0 Å². The number of rotatable bonds is 4. The van der Waals surface area contributed by atoms with Crippen LogP contribution in [-0.2, 0) is 0 Å². The fraction of sp³-hybridized carbons (Fsp3) is 1.00. The Morgan fingerprint density at radius 2 is 2.11 bits per heavy atom. The summed E-state index contributed by atoms with van der Waals surface area (Å²) in [6, 6.07) is 0.736. The summed E-state index contributed by atoms with van der Waals surface area (Å²) in [6.45, 7) is 6.96. The quantitative estimate of drug-likeness (QED) is 0.847. The lowest BCUT2D eigenvalue weighted by Gasteiger charge is -2.45. The minimum absolute atomic E-state index is 0.391. The zero-order valence-corrected chi connectivity index (χ0v) is 13.2. The van der Waals surface area contributed by atoms with Crippen LogP contribution in [0, 0.1) is 11.3 Å². The Morgan fingerprint density at radius 1 is 1.32 bits per heavy atom. The largest absolute Gasteiger partial charge is 0.330 e. The van der Waals surface area contributed by atoms with Crippen LogP contribution in [0.2, 0.25) is 0 Å². The number of hydrogen-bond donors (Lipinski definition) is 1. The van der Waals surface area contributed by atoms with Gasteiger partial charge in [0.25, 0.3) is 0 Å². The van der Waals surface area contributed by atoms with Crippen LogP contribution in [0.3, 0.4) is 0 Å².